The van der Waals surface area contributed by atoms with Crippen LogP contribution < -0.4 is 0 Å². The maximum absolute atomic E-state index is 7.91. The van der Waals surface area contributed by atoms with Crippen molar-refractivity contribution in [2.75, 3.05) is 0 Å². The molecule has 2 nitrogen and oxygen atoms in total. The highest BCUT2D eigenvalue weighted by Gasteiger charge is 1.93. The van der Waals surface area contributed by atoms with Crippen molar-refractivity contribution in [1.29, 1.82) is 10.5 Å². The van der Waals surface area contributed by atoms with Crippen molar-refractivity contribution < 1.29 is 0 Å². The Bertz CT molecular complexity index is 129. The molecule has 0 rings (SSSR count). The van der Waals surface area contributed by atoms with E-state index in [0.717, 1.165) is 0 Å². The summed E-state index contributed by atoms with van der Waals surface area (Å²) in [6.45, 7) is 0. The highest BCUT2D eigenvalue weighted by molar-refractivity contribution is 5.15. The van der Waals surface area contributed by atoms with Gasteiger partial charge in [-0.1, -0.05) is 5.92 Å². The first-order valence-electron chi connectivity index (χ1n) is 1.60. The lowest BCUT2D eigenvalue weighted by molar-refractivity contribution is 1.14. The second-order valence-corrected chi connectivity index (χ2v) is 0.858. The number of nitriles is 2. The molecule has 7 heavy (non-hydrogen) atoms. The van der Waals surface area contributed by atoms with E-state index in [-0.39, 0.29) is 0 Å². The van der Waals surface area contributed by atoms with E-state index in [1.165, 1.54) is 0 Å². The number of nitrogens with zero attached hydrogens (tertiary/aromatic N) is 2. The molecule has 0 heterocycles. The van der Waals surface area contributed by atoms with E-state index in [2.05, 4.69) is 0 Å². The van der Waals surface area contributed by atoms with Gasteiger partial charge in [0, 0.05) is 0 Å². The first kappa shape index (κ1) is 5.54. The van der Waals surface area contributed by atoms with Crippen LogP contribution in [0.3, 0.4) is 0 Å². The molecule has 0 amide bonds. The molecule has 0 N–H and O–H groups in total. The molecule has 0 atom stereocenters. The van der Waals surface area contributed by atoms with Crippen molar-refractivity contribution in [2.45, 2.75) is 0 Å². The normalized spacial score (nSPS) is 6.00. The van der Waals surface area contributed by atoms with Crippen LogP contribution in [0.2, 0.25) is 0 Å². The predicted molar refractivity (Wildman–Crippen MR) is 23.5 cm³/mol. The molecular formula is C5H2N2. The topological polar surface area (TPSA) is 47.6 Å². The Morgan fingerprint density at radius 1 is 1.29 bits per heavy atom. The van der Waals surface area contributed by atoms with Crippen LogP contribution in [-0.2, 0) is 0 Å². The monoisotopic (exact) mass is 90.0 g/mol. The van der Waals surface area contributed by atoms with Crippen molar-refractivity contribution in [2.24, 2.45) is 5.92 Å². The third kappa shape index (κ3) is 1.42. The smallest absolute Gasteiger partial charge is 0.192 e. The summed E-state index contributed by atoms with van der Waals surface area (Å²) in [5.74, 6) is 1.10. The van der Waals surface area contributed by atoms with Crippen molar-refractivity contribution in [1.82, 2.24) is 0 Å². The van der Waals surface area contributed by atoms with Crippen LogP contribution in [-0.4, -0.2) is 0 Å². The second kappa shape index (κ2) is 2.76. The van der Waals surface area contributed by atoms with Gasteiger partial charge in [0.05, 0.1) is 12.1 Å². The van der Waals surface area contributed by atoms with Gasteiger partial charge in [0.2, 0.25) is 0 Å². The lowest BCUT2D eigenvalue weighted by Crippen LogP contribution is -1.82. The zero-order chi connectivity index (χ0) is 5.70. The molecule has 0 aliphatic rings. The van der Waals surface area contributed by atoms with Crippen molar-refractivity contribution in [3.8, 4) is 24.5 Å². The molecule has 0 aromatic heterocycles. The summed E-state index contributed by atoms with van der Waals surface area (Å²) in [5.41, 5.74) is 0. The predicted octanol–water partition coefficient (Wildman–Crippen LogP) is 0.283. The molecule has 0 unspecified atom stereocenters. The summed E-state index contributed by atoms with van der Waals surface area (Å²) in [6, 6.07) is 3.21. The fourth-order valence-electron chi connectivity index (χ4n) is 0.103. The van der Waals surface area contributed by atoms with Gasteiger partial charge in [0.15, 0.2) is 5.92 Å². The summed E-state index contributed by atoms with van der Waals surface area (Å²) < 4.78 is 0. The van der Waals surface area contributed by atoms with E-state index in [1.807, 2.05) is 5.92 Å². The molecule has 0 saturated carbocycles. The Morgan fingerprint density at radius 2 is 1.71 bits per heavy atom. The molecule has 0 radical (unpaired) electrons. The molecular weight excluding hydrogens is 88.1 g/mol. The van der Waals surface area contributed by atoms with Crippen LogP contribution in [0.4, 0.5) is 0 Å². The number of rotatable bonds is 0. The number of hydrogen-bond donors (Lipinski definition) is 0. The van der Waals surface area contributed by atoms with Gasteiger partial charge in [-0.2, -0.15) is 10.5 Å². The van der Waals surface area contributed by atoms with Gasteiger partial charge in [-0.3, -0.25) is 0 Å². The SMILES string of the molecule is C#CC(C#N)C#N. The van der Waals surface area contributed by atoms with Gasteiger partial charge in [-0.25, -0.2) is 0 Å². The Kier molecular flexibility index (Phi) is 2.18. The molecule has 0 saturated heterocycles. The van der Waals surface area contributed by atoms with Crippen LogP contribution in [0, 0.1) is 40.9 Å². The molecule has 0 spiro atoms. The van der Waals surface area contributed by atoms with E-state index in [4.69, 9.17) is 16.9 Å². The molecule has 0 fully saturated rings. The lowest BCUT2D eigenvalue weighted by Gasteiger charge is -1.73. The van der Waals surface area contributed by atoms with Gasteiger partial charge >= 0.3 is 0 Å². The van der Waals surface area contributed by atoms with Crippen molar-refractivity contribution >= 4 is 0 Å². The minimum Gasteiger partial charge on any atom is -0.196 e. The minimum absolute atomic E-state index is 0.875. The largest absolute Gasteiger partial charge is 0.196 e. The van der Waals surface area contributed by atoms with Crippen LogP contribution in [0.25, 0.3) is 0 Å². The van der Waals surface area contributed by atoms with E-state index >= 15 is 0 Å². The average molecular weight is 90.1 g/mol. The Labute approximate surface area is 42.0 Å². The molecule has 0 aliphatic heterocycles. The zero-order valence-corrected chi connectivity index (χ0v) is 3.55. The maximum atomic E-state index is 7.91. The fraction of sp³-hybridized carbons (Fsp3) is 0.200. The molecule has 0 aromatic rings. The van der Waals surface area contributed by atoms with Crippen LogP contribution in [0.1, 0.15) is 0 Å². The summed E-state index contributed by atoms with van der Waals surface area (Å²) in [7, 11) is 0. The van der Waals surface area contributed by atoms with Gasteiger partial charge < -0.3 is 0 Å². The van der Waals surface area contributed by atoms with Gasteiger partial charge in [0.1, 0.15) is 0 Å². The van der Waals surface area contributed by atoms with E-state index < -0.39 is 5.92 Å². The third-order valence-corrected chi connectivity index (χ3v) is 0.425. The average Bonchev–Trinajstić information content (AvgIpc) is 1.72. The molecule has 0 aromatic carbocycles. The fourth-order valence-corrected chi connectivity index (χ4v) is 0.103. The van der Waals surface area contributed by atoms with Crippen LogP contribution >= 0.6 is 0 Å². The third-order valence-electron chi connectivity index (χ3n) is 0.425. The number of terminal acetylenes is 1. The summed E-state index contributed by atoms with van der Waals surface area (Å²) >= 11 is 0. The van der Waals surface area contributed by atoms with Gasteiger partial charge in [-0.15, -0.1) is 6.42 Å². The Hall–Kier alpha value is -1.46. The van der Waals surface area contributed by atoms with Crippen molar-refractivity contribution in [3.05, 3.63) is 0 Å². The summed E-state index contributed by atoms with van der Waals surface area (Å²) in [4.78, 5) is 0. The highest BCUT2D eigenvalue weighted by Crippen LogP contribution is 1.83. The molecule has 32 valence electrons. The maximum Gasteiger partial charge on any atom is 0.192 e. The minimum atomic E-state index is -0.875. The first-order chi connectivity index (χ1) is 3.35. The van der Waals surface area contributed by atoms with E-state index in [1.54, 1.807) is 12.1 Å². The molecule has 2 heteroatoms. The van der Waals surface area contributed by atoms with Crippen LogP contribution in [0.15, 0.2) is 0 Å². The molecule has 0 bridgehead atoms. The Balaban J connectivity index is 3.82. The molecule has 0 aliphatic carbocycles. The van der Waals surface area contributed by atoms with Gasteiger partial charge in [0.25, 0.3) is 0 Å². The first-order valence-corrected chi connectivity index (χ1v) is 1.60. The lowest BCUT2D eigenvalue weighted by atomic mass is 10.2. The standard InChI is InChI=1S/C5H2N2/c1-2-5(3-6)4-7/h1,5H. The van der Waals surface area contributed by atoms with E-state index in [9.17, 15) is 0 Å². The highest BCUT2D eigenvalue weighted by atomic mass is 14.3. The second-order valence-electron chi connectivity index (χ2n) is 0.858. The summed E-state index contributed by atoms with van der Waals surface area (Å²) in [6.07, 6.45) is 4.70. The quantitative estimate of drug-likeness (QED) is 0.401. The van der Waals surface area contributed by atoms with Gasteiger partial charge in [-0.05, 0) is 0 Å². The number of hydrogen-bond acceptors (Lipinski definition) is 2. The van der Waals surface area contributed by atoms with E-state index in [0.29, 0.717) is 0 Å². The van der Waals surface area contributed by atoms with Crippen molar-refractivity contribution in [3.63, 3.8) is 0 Å². The zero-order valence-electron chi connectivity index (χ0n) is 3.55. The Morgan fingerprint density at radius 3 is 1.71 bits per heavy atom. The van der Waals surface area contributed by atoms with Crippen LogP contribution in [0.5, 0.6) is 0 Å². The summed E-state index contributed by atoms with van der Waals surface area (Å²) in [5, 5.41) is 15.8.